The average molecular weight is 402 g/mol. The van der Waals surface area contributed by atoms with Gasteiger partial charge in [0.15, 0.2) is 5.13 Å². The van der Waals surface area contributed by atoms with Crippen LogP contribution >= 0.6 is 11.3 Å². The van der Waals surface area contributed by atoms with Gasteiger partial charge in [-0.1, -0.05) is 0 Å². The number of amides is 1. The summed E-state index contributed by atoms with van der Waals surface area (Å²) >= 11 is 1.23. The fourth-order valence-corrected chi connectivity index (χ4v) is 3.48. The standard InChI is InChI=1S/C19H19FN4O3S/c1-4-27-16(25)9-14-10-28-19(21-14)22-18(26)17-11(2)23-24(12(17)3)15-7-5-13(20)6-8-15/h5-8,10H,4,9H2,1-3H3,(H,21,22,26). The Morgan fingerprint density at radius 2 is 1.96 bits per heavy atom. The van der Waals surface area contributed by atoms with Gasteiger partial charge < -0.3 is 4.74 Å². The number of carbonyl (C=O) groups is 2. The van der Waals surface area contributed by atoms with Crippen LogP contribution in [0.15, 0.2) is 29.6 Å². The number of nitrogens with one attached hydrogen (secondary N) is 1. The molecule has 28 heavy (non-hydrogen) atoms. The smallest absolute Gasteiger partial charge is 0.311 e. The van der Waals surface area contributed by atoms with Gasteiger partial charge in [-0.25, -0.2) is 14.1 Å². The highest BCUT2D eigenvalue weighted by molar-refractivity contribution is 7.14. The van der Waals surface area contributed by atoms with Gasteiger partial charge in [-0.05, 0) is 45.0 Å². The fraction of sp³-hybridized carbons (Fsp3) is 0.263. The van der Waals surface area contributed by atoms with Crippen LogP contribution < -0.4 is 5.32 Å². The van der Waals surface area contributed by atoms with Crippen molar-refractivity contribution in [2.75, 3.05) is 11.9 Å². The summed E-state index contributed by atoms with van der Waals surface area (Å²) in [4.78, 5) is 28.5. The number of aryl methyl sites for hydroxylation is 1. The Labute approximate surface area is 165 Å². The lowest BCUT2D eigenvalue weighted by atomic mass is 10.2. The maximum Gasteiger partial charge on any atom is 0.311 e. The van der Waals surface area contributed by atoms with E-state index in [2.05, 4.69) is 15.4 Å². The minimum atomic E-state index is -0.363. The number of aromatic nitrogens is 3. The van der Waals surface area contributed by atoms with Crippen LogP contribution in [0, 0.1) is 19.7 Å². The lowest BCUT2D eigenvalue weighted by Gasteiger charge is -2.05. The average Bonchev–Trinajstić information content (AvgIpc) is 3.19. The molecule has 1 amide bonds. The Balaban J connectivity index is 1.77. The Morgan fingerprint density at radius 1 is 1.25 bits per heavy atom. The van der Waals surface area contributed by atoms with Crippen molar-refractivity contribution in [3.05, 3.63) is 58.1 Å². The van der Waals surface area contributed by atoms with Gasteiger partial charge in [0, 0.05) is 5.38 Å². The summed E-state index contributed by atoms with van der Waals surface area (Å²) in [6.07, 6.45) is 0.0563. The number of hydrogen-bond acceptors (Lipinski definition) is 6. The number of esters is 1. The summed E-state index contributed by atoms with van der Waals surface area (Å²) in [5, 5.41) is 9.22. The second kappa shape index (κ2) is 8.30. The Kier molecular flexibility index (Phi) is 5.84. The zero-order chi connectivity index (χ0) is 20.3. The molecule has 0 spiro atoms. The number of anilines is 1. The van der Waals surface area contributed by atoms with E-state index in [0.717, 1.165) is 0 Å². The lowest BCUT2D eigenvalue weighted by Crippen LogP contribution is -2.14. The van der Waals surface area contributed by atoms with Crippen molar-refractivity contribution >= 4 is 28.3 Å². The van der Waals surface area contributed by atoms with Crippen molar-refractivity contribution in [3.8, 4) is 5.69 Å². The summed E-state index contributed by atoms with van der Waals surface area (Å²) < 4.78 is 19.6. The third-order valence-electron chi connectivity index (χ3n) is 3.99. The molecular formula is C19H19FN4O3S. The number of benzene rings is 1. The quantitative estimate of drug-likeness (QED) is 0.639. The molecule has 0 unspecified atom stereocenters. The Morgan fingerprint density at radius 3 is 2.64 bits per heavy atom. The molecule has 3 rings (SSSR count). The molecule has 146 valence electrons. The number of halogens is 1. The molecule has 0 fully saturated rings. The number of thiazole rings is 1. The molecule has 1 aromatic carbocycles. The summed E-state index contributed by atoms with van der Waals surface area (Å²) in [7, 11) is 0. The molecule has 0 atom stereocenters. The second-order valence-electron chi connectivity index (χ2n) is 6.01. The molecule has 0 bridgehead atoms. The van der Waals surface area contributed by atoms with E-state index in [0.29, 0.717) is 40.1 Å². The third-order valence-corrected chi connectivity index (χ3v) is 4.80. The highest BCUT2D eigenvalue weighted by Crippen LogP contribution is 2.22. The fourth-order valence-electron chi connectivity index (χ4n) is 2.77. The van der Waals surface area contributed by atoms with E-state index < -0.39 is 0 Å². The zero-order valence-electron chi connectivity index (χ0n) is 15.7. The molecule has 0 aliphatic heterocycles. The molecule has 2 heterocycles. The van der Waals surface area contributed by atoms with E-state index >= 15 is 0 Å². The van der Waals surface area contributed by atoms with Crippen LogP contribution in [-0.2, 0) is 16.0 Å². The van der Waals surface area contributed by atoms with Crippen molar-refractivity contribution in [1.29, 1.82) is 0 Å². The normalized spacial score (nSPS) is 10.7. The molecule has 0 aliphatic rings. The maximum absolute atomic E-state index is 13.2. The number of carbonyl (C=O) groups excluding carboxylic acids is 2. The Hall–Kier alpha value is -3.07. The van der Waals surface area contributed by atoms with Crippen molar-refractivity contribution in [2.45, 2.75) is 27.2 Å². The van der Waals surface area contributed by atoms with Gasteiger partial charge in [-0.15, -0.1) is 11.3 Å². The minimum Gasteiger partial charge on any atom is -0.466 e. The topological polar surface area (TPSA) is 86.1 Å². The molecule has 2 aromatic heterocycles. The van der Waals surface area contributed by atoms with E-state index in [-0.39, 0.29) is 24.1 Å². The van der Waals surface area contributed by atoms with Crippen molar-refractivity contribution in [2.24, 2.45) is 0 Å². The summed E-state index contributed by atoms with van der Waals surface area (Å²) in [5.41, 5.74) is 2.79. The first-order valence-electron chi connectivity index (χ1n) is 8.62. The first kappa shape index (κ1) is 19.7. The van der Waals surface area contributed by atoms with Gasteiger partial charge >= 0.3 is 5.97 Å². The predicted molar refractivity (Wildman–Crippen MR) is 103 cm³/mol. The van der Waals surface area contributed by atoms with Gasteiger partial charge in [-0.3, -0.25) is 14.9 Å². The van der Waals surface area contributed by atoms with Crippen LogP contribution in [0.1, 0.15) is 34.4 Å². The Bertz CT molecular complexity index is 1010. The number of hydrogen-bond donors (Lipinski definition) is 1. The van der Waals surface area contributed by atoms with Gasteiger partial charge in [0.2, 0.25) is 0 Å². The molecule has 0 aliphatic carbocycles. The van der Waals surface area contributed by atoms with Crippen molar-refractivity contribution < 1.29 is 18.7 Å². The molecule has 9 heteroatoms. The summed E-state index contributed by atoms with van der Waals surface area (Å²) in [6, 6.07) is 5.87. The van der Waals surface area contributed by atoms with Gasteiger partial charge in [-0.2, -0.15) is 5.10 Å². The van der Waals surface area contributed by atoms with Crippen LogP contribution in [0.25, 0.3) is 5.69 Å². The van der Waals surface area contributed by atoms with E-state index in [1.165, 1.54) is 23.5 Å². The van der Waals surface area contributed by atoms with E-state index in [4.69, 9.17) is 4.74 Å². The molecule has 0 saturated heterocycles. The monoisotopic (exact) mass is 402 g/mol. The van der Waals surface area contributed by atoms with Crippen LogP contribution in [-0.4, -0.2) is 33.2 Å². The first-order chi connectivity index (χ1) is 13.4. The van der Waals surface area contributed by atoms with Crippen LogP contribution in [0.5, 0.6) is 0 Å². The van der Waals surface area contributed by atoms with E-state index in [1.807, 2.05) is 0 Å². The predicted octanol–water partition coefficient (Wildman–Crippen LogP) is 3.44. The molecule has 3 aromatic rings. The highest BCUT2D eigenvalue weighted by atomic mass is 32.1. The summed E-state index contributed by atoms with van der Waals surface area (Å²) in [6.45, 7) is 5.55. The zero-order valence-corrected chi connectivity index (χ0v) is 16.5. The maximum atomic E-state index is 13.2. The van der Waals surface area contributed by atoms with Crippen molar-refractivity contribution in [1.82, 2.24) is 14.8 Å². The van der Waals surface area contributed by atoms with Crippen molar-refractivity contribution in [3.63, 3.8) is 0 Å². The molecule has 1 N–H and O–H groups in total. The molecule has 0 saturated carbocycles. The molecular weight excluding hydrogens is 383 g/mol. The minimum absolute atomic E-state index is 0.0563. The lowest BCUT2D eigenvalue weighted by molar-refractivity contribution is -0.142. The van der Waals surface area contributed by atoms with Gasteiger partial charge in [0.1, 0.15) is 5.82 Å². The first-order valence-corrected chi connectivity index (χ1v) is 9.50. The van der Waals surface area contributed by atoms with Crippen LogP contribution in [0.4, 0.5) is 9.52 Å². The highest BCUT2D eigenvalue weighted by Gasteiger charge is 2.21. The largest absolute Gasteiger partial charge is 0.466 e. The van der Waals surface area contributed by atoms with E-state index in [1.54, 1.807) is 43.0 Å². The van der Waals surface area contributed by atoms with Gasteiger partial charge in [0.25, 0.3) is 5.91 Å². The summed E-state index contributed by atoms with van der Waals surface area (Å²) in [5.74, 6) is -1.05. The van der Waals surface area contributed by atoms with Crippen LogP contribution in [0.3, 0.4) is 0 Å². The van der Waals surface area contributed by atoms with Gasteiger partial charge in [0.05, 0.1) is 41.4 Å². The van der Waals surface area contributed by atoms with Crippen LogP contribution in [0.2, 0.25) is 0 Å². The third kappa shape index (κ3) is 4.25. The second-order valence-corrected chi connectivity index (χ2v) is 6.87. The SMILES string of the molecule is CCOC(=O)Cc1csc(NC(=O)c2c(C)nn(-c3ccc(F)cc3)c2C)n1. The van der Waals surface area contributed by atoms with E-state index in [9.17, 15) is 14.0 Å². The number of ether oxygens (including phenoxy) is 1. The molecule has 7 nitrogen and oxygen atoms in total. The number of rotatable bonds is 6. The molecule has 0 radical (unpaired) electrons. The number of nitrogens with zero attached hydrogens (tertiary/aromatic N) is 3.